The Kier molecular flexibility index (Phi) is 6.25. The molecule has 0 atom stereocenters. The Hall–Kier alpha value is -1.31. The molecule has 0 spiro atoms. The third-order valence-corrected chi connectivity index (χ3v) is 3.74. The summed E-state index contributed by atoms with van der Waals surface area (Å²) >= 11 is 0. The van der Waals surface area contributed by atoms with Crippen molar-refractivity contribution in [2.45, 2.75) is 25.2 Å². The molecule has 7 heteroatoms. The first-order chi connectivity index (χ1) is 9.32. The highest BCUT2D eigenvalue weighted by Gasteiger charge is 2.14. The number of para-hydroxylation sites is 1. The maximum Gasteiger partial charge on any atom is 0.240 e. The fourth-order valence-corrected chi connectivity index (χ4v) is 2.31. The lowest BCUT2D eigenvalue weighted by Gasteiger charge is -2.12. The second-order valence-corrected chi connectivity index (χ2v) is 6.51. The van der Waals surface area contributed by atoms with E-state index in [0.29, 0.717) is 31.4 Å². The first-order valence-corrected chi connectivity index (χ1v) is 8.10. The molecule has 1 rings (SSSR count). The summed E-state index contributed by atoms with van der Waals surface area (Å²) in [6, 6.07) is 4.69. The monoisotopic (exact) mass is 301 g/mol. The van der Waals surface area contributed by atoms with Crippen molar-refractivity contribution in [3.8, 4) is 0 Å². The van der Waals surface area contributed by atoms with Gasteiger partial charge in [0.25, 0.3) is 0 Å². The van der Waals surface area contributed by atoms with Gasteiger partial charge in [0, 0.05) is 13.2 Å². The lowest BCUT2D eigenvalue weighted by Crippen LogP contribution is -2.16. The van der Waals surface area contributed by atoms with E-state index in [2.05, 4.69) is 19.2 Å². The zero-order chi connectivity index (χ0) is 15.2. The number of ether oxygens (including phenoxy) is 1. The van der Waals surface area contributed by atoms with E-state index in [1.165, 1.54) is 6.07 Å². The number of hydrogen-bond acceptors (Lipinski definition) is 5. The van der Waals surface area contributed by atoms with E-state index in [4.69, 9.17) is 15.6 Å². The van der Waals surface area contributed by atoms with Crippen LogP contribution in [0.5, 0.6) is 0 Å². The van der Waals surface area contributed by atoms with Crippen molar-refractivity contribution in [3.05, 3.63) is 18.2 Å². The number of anilines is 2. The normalized spacial score (nSPS) is 11.8. The lowest BCUT2D eigenvalue weighted by atomic mass is 10.1. The van der Waals surface area contributed by atoms with Crippen LogP contribution in [0.15, 0.2) is 23.1 Å². The summed E-state index contributed by atoms with van der Waals surface area (Å²) in [5, 5.41) is 8.13. The molecule has 0 aliphatic carbocycles. The highest BCUT2D eigenvalue weighted by atomic mass is 32.2. The molecule has 0 fully saturated rings. The van der Waals surface area contributed by atoms with E-state index >= 15 is 0 Å². The molecular formula is C13H23N3O3S. The van der Waals surface area contributed by atoms with Gasteiger partial charge in [0.2, 0.25) is 10.0 Å². The molecule has 0 saturated carbocycles. The smallest absolute Gasteiger partial charge is 0.240 e. The van der Waals surface area contributed by atoms with Crippen LogP contribution in [-0.4, -0.2) is 28.2 Å². The maximum absolute atomic E-state index is 11.3. The lowest BCUT2D eigenvalue weighted by molar-refractivity contribution is 0.132. The van der Waals surface area contributed by atoms with Crippen LogP contribution in [0.1, 0.15) is 20.3 Å². The van der Waals surface area contributed by atoms with Gasteiger partial charge in [-0.05, 0) is 24.5 Å². The van der Waals surface area contributed by atoms with E-state index in [1.807, 2.05) is 0 Å². The van der Waals surface area contributed by atoms with E-state index in [1.54, 1.807) is 12.1 Å². The number of nitrogen functional groups attached to an aromatic ring is 1. The Labute approximate surface area is 120 Å². The topological polar surface area (TPSA) is 107 Å². The summed E-state index contributed by atoms with van der Waals surface area (Å²) < 4.78 is 28.1. The fraction of sp³-hybridized carbons (Fsp3) is 0.538. The molecule has 0 saturated heterocycles. The highest BCUT2D eigenvalue weighted by molar-refractivity contribution is 7.89. The Morgan fingerprint density at radius 1 is 1.30 bits per heavy atom. The van der Waals surface area contributed by atoms with Gasteiger partial charge < -0.3 is 15.8 Å². The summed E-state index contributed by atoms with van der Waals surface area (Å²) in [4.78, 5) is -0.0665. The summed E-state index contributed by atoms with van der Waals surface area (Å²) in [7, 11) is -3.80. The zero-order valence-electron chi connectivity index (χ0n) is 11.9. The minimum Gasteiger partial charge on any atom is -0.396 e. The Balaban J connectivity index is 2.49. The van der Waals surface area contributed by atoms with Crippen molar-refractivity contribution in [2.24, 2.45) is 11.1 Å². The van der Waals surface area contributed by atoms with Gasteiger partial charge in [-0.2, -0.15) is 0 Å². The maximum atomic E-state index is 11.3. The molecule has 5 N–H and O–H groups in total. The Bertz CT molecular complexity index is 530. The Morgan fingerprint density at radius 3 is 2.60 bits per heavy atom. The second-order valence-electron chi connectivity index (χ2n) is 4.98. The van der Waals surface area contributed by atoms with Gasteiger partial charge in [-0.15, -0.1) is 0 Å². The first kappa shape index (κ1) is 16.7. The summed E-state index contributed by atoms with van der Waals surface area (Å²) in [6.07, 6.45) is 1.02. The quantitative estimate of drug-likeness (QED) is 0.497. The average molecular weight is 301 g/mol. The molecule has 0 aromatic heterocycles. The van der Waals surface area contributed by atoms with Crippen LogP contribution >= 0.6 is 0 Å². The summed E-state index contributed by atoms with van der Waals surface area (Å²) in [5.74, 6) is 0.616. The van der Waals surface area contributed by atoms with Crippen LogP contribution < -0.4 is 16.2 Å². The third-order valence-electron chi connectivity index (χ3n) is 2.77. The number of hydrogen-bond donors (Lipinski definition) is 3. The molecule has 0 aliphatic rings. The van der Waals surface area contributed by atoms with E-state index < -0.39 is 10.0 Å². The number of sulfonamides is 1. The molecular weight excluding hydrogens is 278 g/mol. The molecule has 0 aliphatic heterocycles. The van der Waals surface area contributed by atoms with Gasteiger partial charge in [-0.25, -0.2) is 13.6 Å². The van der Waals surface area contributed by atoms with Crippen LogP contribution in [0.25, 0.3) is 0 Å². The van der Waals surface area contributed by atoms with Crippen molar-refractivity contribution >= 4 is 21.4 Å². The molecule has 1 aromatic rings. The van der Waals surface area contributed by atoms with E-state index in [0.717, 1.165) is 6.42 Å². The molecule has 0 bridgehead atoms. The Morgan fingerprint density at radius 2 is 2.00 bits per heavy atom. The molecule has 0 heterocycles. The van der Waals surface area contributed by atoms with Crippen molar-refractivity contribution < 1.29 is 13.2 Å². The van der Waals surface area contributed by atoms with Crippen LogP contribution in [0.2, 0.25) is 0 Å². The first-order valence-electron chi connectivity index (χ1n) is 6.55. The molecule has 6 nitrogen and oxygen atoms in total. The fourth-order valence-electron chi connectivity index (χ4n) is 1.63. The van der Waals surface area contributed by atoms with Crippen molar-refractivity contribution in [1.29, 1.82) is 0 Å². The molecule has 0 unspecified atom stereocenters. The highest BCUT2D eigenvalue weighted by Crippen LogP contribution is 2.25. The van der Waals surface area contributed by atoms with Crippen molar-refractivity contribution in [2.75, 3.05) is 30.8 Å². The number of benzene rings is 1. The number of primary sulfonamides is 1. The van der Waals surface area contributed by atoms with Crippen LogP contribution in [-0.2, 0) is 14.8 Å². The SMILES string of the molecule is CC(C)CCOCCNc1cccc(S(N)(=O)=O)c1N. The number of nitrogens with one attached hydrogen (secondary N) is 1. The van der Waals surface area contributed by atoms with Gasteiger partial charge in [0.05, 0.1) is 18.0 Å². The van der Waals surface area contributed by atoms with Crippen LogP contribution in [0.4, 0.5) is 11.4 Å². The average Bonchev–Trinajstić information content (AvgIpc) is 2.33. The third kappa shape index (κ3) is 5.36. The predicted molar refractivity (Wildman–Crippen MR) is 81.0 cm³/mol. The van der Waals surface area contributed by atoms with Gasteiger partial charge in [0.15, 0.2) is 0 Å². The second kappa shape index (κ2) is 7.47. The molecule has 1 aromatic carbocycles. The van der Waals surface area contributed by atoms with Crippen molar-refractivity contribution in [1.82, 2.24) is 0 Å². The molecule has 114 valence electrons. The van der Waals surface area contributed by atoms with Crippen LogP contribution in [0, 0.1) is 5.92 Å². The minimum atomic E-state index is -3.80. The standard InChI is InChI=1S/C13H23N3O3S/c1-10(2)6-8-19-9-7-16-11-4-3-5-12(13(11)14)20(15,17)18/h3-5,10,16H,6-9,14H2,1-2H3,(H2,15,17,18). The van der Waals surface area contributed by atoms with Crippen molar-refractivity contribution in [3.63, 3.8) is 0 Å². The minimum absolute atomic E-state index is 0.0665. The number of rotatable bonds is 8. The van der Waals surface area contributed by atoms with Gasteiger partial charge >= 0.3 is 0 Å². The zero-order valence-corrected chi connectivity index (χ0v) is 12.7. The van der Waals surface area contributed by atoms with E-state index in [9.17, 15) is 8.42 Å². The molecule has 0 radical (unpaired) electrons. The van der Waals surface area contributed by atoms with Gasteiger partial charge in [-0.1, -0.05) is 19.9 Å². The van der Waals surface area contributed by atoms with Gasteiger partial charge in [-0.3, -0.25) is 0 Å². The number of nitrogens with two attached hydrogens (primary N) is 2. The van der Waals surface area contributed by atoms with Crippen LogP contribution in [0.3, 0.4) is 0 Å². The van der Waals surface area contributed by atoms with Gasteiger partial charge in [0.1, 0.15) is 4.90 Å². The summed E-state index contributed by atoms with van der Waals surface area (Å²) in [5.41, 5.74) is 6.47. The largest absolute Gasteiger partial charge is 0.396 e. The molecule has 0 amide bonds. The van der Waals surface area contributed by atoms with E-state index in [-0.39, 0.29) is 10.6 Å². The summed E-state index contributed by atoms with van der Waals surface area (Å²) in [6.45, 7) is 6.08. The molecule has 20 heavy (non-hydrogen) atoms. The predicted octanol–water partition coefficient (Wildman–Crippen LogP) is 1.39.